The minimum atomic E-state index is -4.65. The predicted octanol–water partition coefficient (Wildman–Crippen LogP) is 2.99. The normalized spacial score (nSPS) is 18.1. The third kappa shape index (κ3) is 3.88. The minimum absolute atomic E-state index is 0.0185. The van der Waals surface area contributed by atoms with Crippen molar-refractivity contribution in [2.75, 3.05) is 18.4 Å². The van der Waals surface area contributed by atoms with Crippen molar-refractivity contribution in [1.82, 2.24) is 4.90 Å². The molecular weight excluding hydrogens is 304 g/mol. The van der Waals surface area contributed by atoms with Gasteiger partial charge in [-0.3, -0.25) is 0 Å². The minimum Gasteiger partial charge on any atom is -0.383 e. The van der Waals surface area contributed by atoms with Crippen LogP contribution in [0.2, 0.25) is 0 Å². The molecule has 1 atom stereocenters. The van der Waals surface area contributed by atoms with E-state index in [0.29, 0.717) is 0 Å². The molecule has 1 aliphatic heterocycles. The van der Waals surface area contributed by atoms with Gasteiger partial charge in [0.25, 0.3) is 0 Å². The van der Waals surface area contributed by atoms with E-state index in [-0.39, 0.29) is 31.6 Å². The zero-order valence-corrected chi connectivity index (χ0v) is 11.6. The molecule has 0 aliphatic carbocycles. The lowest BCUT2D eigenvalue weighted by molar-refractivity contribution is -0.222. The predicted molar refractivity (Wildman–Crippen MR) is 71.8 cm³/mol. The number of halogens is 4. The van der Waals surface area contributed by atoms with Gasteiger partial charge in [-0.25, -0.2) is 9.18 Å². The Bertz CT molecular complexity index is 528. The number of para-hydroxylation sites is 1. The molecule has 2 N–H and O–H groups in total. The van der Waals surface area contributed by atoms with Crippen molar-refractivity contribution in [2.45, 2.75) is 25.1 Å². The van der Waals surface area contributed by atoms with Crippen molar-refractivity contribution in [3.05, 3.63) is 30.1 Å². The molecule has 2 rings (SSSR count). The number of nitrogens with one attached hydrogen (secondary N) is 1. The quantitative estimate of drug-likeness (QED) is 0.823. The highest BCUT2D eigenvalue weighted by Gasteiger charge is 2.44. The summed E-state index contributed by atoms with van der Waals surface area (Å²) >= 11 is 0. The molecule has 1 fully saturated rings. The van der Waals surface area contributed by atoms with Crippen LogP contribution in [0.5, 0.6) is 0 Å². The number of hydrogen-bond donors (Lipinski definition) is 2. The second-order valence-corrected chi connectivity index (χ2v) is 5.22. The highest BCUT2D eigenvalue weighted by atomic mass is 19.4. The number of carbonyl (C=O) groups is 1. The van der Waals surface area contributed by atoms with Gasteiger partial charge in [0.15, 0.2) is 6.10 Å². The first-order chi connectivity index (χ1) is 10.3. The Morgan fingerprint density at radius 1 is 1.27 bits per heavy atom. The van der Waals surface area contributed by atoms with E-state index in [1.54, 1.807) is 6.07 Å². The molecule has 1 unspecified atom stereocenters. The molecule has 0 radical (unpaired) electrons. The number of anilines is 1. The summed E-state index contributed by atoms with van der Waals surface area (Å²) in [6.45, 7) is 0.163. The van der Waals surface area contributed by atoms with Crippen LogP contribution in [-0.4, -0.2) is 41.4 Å². The van der Waals surface area contributed by atoms with Crippen LogP contribution in [-0.2, 0) is 0 Å². The van der Waals surface area contributed by atoms with E-state index in [2.05, 4.69) is 5.32 Å². The molecule has 0 saturated carbocycles. The number of piperidine rings is 1. The summed E-state index contributed by atoms with van der Waals surface area (Å²) in [4.78, 5) is 13.3. The summed E-state index contributed by atoms with van der Waals surface area (Å²) in [6, 6.07) is 5.07. The van der Waals surface area contributed by atoms with Gasteiger partial charge in [0.2, 0.25) is 0 Å². The standard InChI is InChI=1S/C14H16F4N2O2/c15-10-3-1-2-4-11(10)19-13(22)20-7-5-9(6-8-20)12(21)14(16,17)18/h1-4,9,12,21H,5-8H2,(H,19,22). The molecular formula is C14H16F4N2O2. The molecule has 0 aromatic heterocycles. The number of aliphatic hydroxyl groups is 1. The van der Waals surface area contributed by atoms with Gasteiger partial charge >= 0.3 is 12.2 Å². The van der Waals surface area contributed by atoms with Gasteiger partial charge in [0.1, 0.15) is 5.82 Å². The van der Waals surface area contributed by atoms with Crippen LogP contribution >= 0.6 is 0 Å². The summed E-state index contributed by atoms with van der Waals surface area (Å²) in [5.41, 5.74) is 0.0185. The molecule has 8 heteroatoms. The fraction of sp³-hybridized carbons (Fsp3) is 0.500. The number of aliphatic hydroxyl groups excluding tert-OH is 1. The number of benzene rings is 1. The zero-order valence-electron chi connectivity index (χ0n) is 11.6. The Morgan fingerprint density at radius 2 is 1.86 bits per heavy atom. The largest absolute Gasteiger partial charge is 0.414 e. The number of carbonyl (C=O) groups excluding carboxylic acids is 1. The van der Waals surface area contributed by atoms with Crippen LogP contribution in [0, 0.1) is 11.7 Å². The van der Waals surface area contributed by atoms with Gasteiger partial charge in [-0.2, -0.15) is 13.2 Å². The van der Waals surface area contributed by atoms with Gasteiger partial charge < -0.3 is 15.3 Å². The first-order valence-corrected chi connectivity index (χ1v) is 6.84. The maximum Gasteiger partial charge on any atom is 0.414 e. The Labute approximate surface area is 124 Å². The number of nitrogens with zero attached hydrogens (tertiary/aromatic N) is 1. The number of alkyl halides is 3. The highest BCUT2D eigenvalue weighted by molar-refractivity contribution is 5.89. The Balaban J connectivity index is 1.89. The number of amides is 2. The maximum atomic E-state index is 13.4. The van der Waals surface area contributed by atoms with E-state index in [9.17, 15) is 27.5 Å². The second-order valence-electron chi connectivity index (χ2n) is 5.22. The van der Waals surface area contributed by atoms with Crippen molar-refractivity contribution < 1.29 is 27.5 Å². The summed E-state index contributed by atoms with van der Waals surface area (Å²) in [7, 11) is 0. The second kappa shape index (κ2) is 6.51. The molecule has 122 valence electrons. The first kappa shape index (κ1) is 16.5. The highest BCUT2D eigenvalue weighted by Crippen LogP contribution is 2.31. The summed E-state index contributed by atoms with van der Waals surface area (Å²) in [5, 5.41) is 11.6. The SMILES string of the molecule is O=C(Nc1ccccc1F)N1CCC(C(O)C(F)(F)F)CC1. The van der Waals surface area contributed by atoms with E-state index >= 15 is 0 Å². The summed E-state index contributed by atoms with van der Waals surface area (Å²) < 4.78 is 50.7. The van der Waals surface area contributed by atoms with Crippen molar-refractivity contribution in [2.24, 2.45) is 5.92 Å². The van der Waals surface area contributed by atoms with Gasteiger partial charge in [-0.1, -0.05) is 12.1 Å². The van der Waals surface area contributed by atoms with Crippen LogP contribution in [0.25, 0.3) is 0 Å². The average Bonchev–Trinajstić information content (AvgIpc) is 2.48. The fourth-order valence-corrected chi connectivity index (χ4v) is 2.44. The van der Waals surface area contributed by atoms with Crippen LogP contribution in [0.3, 0.4) is 0 Å². The van der Waals surface area contributed by atoms with Crippen molar-refractivity contribution >= 4 is 11.7 Å². The third-order valence-electron chi connectivity index (χ3n) is 3.72. The number of rotatable bonds is 2. The molecule has 4 nitrogen and oxygen atoms in total. The molecule has 1 aromatic carbocycles. The van der Waals surface area contributed by atoms with Crippen molar-refractivity contribution in [3.8, 4) is 0 Å². The van der Waals surface area contributed by atoms with Crippen molar-refractivity contribution in [1.29, 1.82) is 0 Å². The van der Waals surface area contributed by atoms with Gasteiger partial charge in [0, 0.05) is 13.1 Å². The number of likely N-dealkylation sites (tertiary alicyclic amines) is 1. The lowest BCUT2D eigenvalue weighted by atomic mass is 9.91. The lowest BCUT2D eigenvalue weighted by Crippen LogP contribution is -2.46. The van der Waals surface area contributed by atoms with E-state index in [4.69, 9.17) is 0 Å². The zero-order chi connectivity index (χ0) is 16.3. The monoisotopic (exact) mass is 320 g/mol. The Morgan fingerprint density at radius 3 is 2.41 bits per heavy atom. The van der Waals surface area contributed by atoms with E-state index in [0.717, 1.165) is 0 Å². The van der Waals surface area contributed by atoms with Gasteiger partial charge in [-0.15, -0.1) is 0 Å². The van der Waals surface area contributed by atoms with Gasteiger partial charge in [0.05, 0.1) is 5.69 Å². The maximum absolute atomic E-state index is 13.4. The number of hydrogen-bond acceptors (Lipinski definition) is 2. The number of urea groups is 1. The van der Waals surface area contributed by atoms with E-state index in [1.807, 2.05) is 0 Å². The Kier molecular flexibility index (Phi) is 4.90. The Hall–Kier alpha value is -1.83. The fourth-order valence-electron chi connectivity index (χ4n) is 2.44. The molecule has 22 heavy (non-hydrogen) atoms. The van der Waals surface area contributed by atoms with Crippen LogP contribution in [0.15, 0.2) is 24.3 Å². The molecule has 0 bridgehead atoms. The smallest absolute Gasteiger partial charge is 0.383 e. The van der Waals surface area contributed by atoms with E-state index < -0.39 is 30.0 Å². The van der Waals surface area contributed by atoms with Crippen LogP contribution in [0.1, 0.15) is 12.8 Å². The molecule has 1 heterocycles. The molecule has 1 saturated heterocycles. The van der Waals surface area contributed by atoms with Crippen LogP contribution in [0.4, 0.5) is 28.0 Å². The first-order valence-electron chi connectivity index (χ1n) is 6.84. The third-order valence-corrected chi connectivity index (χ3v) is 3.72. The van der Waals surface area contributed by atoms with E-state index in [1.165, 1.54) is 23.1 Å². The summed E-state index contributed by atoms with van der Waals surface area (Å²) in [6.07, 6.45) is -6.93. The molecule has 2 amide bonds. The molecule has 0 spiro atoms. The summed E-state index contributed by atoms with van der Waals surface area (Å²) in [5.74, 6) is -1.50. The van der Waals surface area contributed by atoms with Crippen LogP contribution < -0.4 is 5.32 Å². The van der Waals surface area contributed by atoms with Crippen molar-refractivity contribution in [3.63, 3.8) is 0 Å². The topological polar surface area (TPSA) is 52.6 Å². The average molecular weight is 320 g/mol. The molecule has 1 aliphatic rings. The molecule has 1 aromatic rings. The lowest BCUT2D eigenvalue weighted by Gasteiger charge is -2.34. The van der Waals surface area contributed by atoms with Gasteiger partial charge in [-0.05, 0) is 30.9 Å².